The zero-order valence-electron chi connectivity index (χ0n) is 12.2. The summed E-state index contributed by atoms with van der Waals surface area (Å²) in [7, 11) is 0. The van der Waals surface area contributed by atoms with Crippen molar-refractivity contribution in [2.75, 3.05) is 0 Å². The molecule has 0 aliphatic heterocycles. The van der Waals surface area contributed by atoms with E-state index in [9.17, 15) is 4.79 Å². The molecule has 0 unspecified atom stereocenters. The number of carbonyl (C=O) groups excluding carboxylic acids is 1. The molecule has 1 N–H and O–H groups in total. The van der Waals surface area contributed by atoms with Gasteiger partial charge in [0.15, 0.2) is 0 Å². The second-order valence-corrected chi connectivity index (χ2v) is 5.13. The lowest BCUT2D eigenvalue weighted by atomic mass is 10.3. The fourth-order valence-corrected chi connectivity index (χ4v) is 2.41. The van der Waals surface area contributed by atoms with Crippen LogP contribution >= 0.6 is 0 Å². The second kappa shape index (κ2) is 5.49. The molecule has 1 aromatic carbocycles. The molecule has 112 valence electrons. The first-order valence-corrected chi connectivity index (χ1v) is 7.23. The topological polar surface area (TPSA) is 72.2 Å². The van der Waals surface area contributed by atoms with E-state index in [-0.39, 0.29) is 5.91 Å². The van der Waals surface area contributed by atoms with Gasteiger partial charge in [-0.1, -0.05) is 18.2 Å². The van der Waals surface area contributed by atoms with Gasteiger partial charge in [-0.2, -0.15) is 5.10 Å². The van der Waals surface area contributed by atoms with Crippen molar-refractivity contribution in [2.45, 2.75) is 6.54 Å². The van der Waals surface area contributed by atoms with Gasteiger partial charge >= 0.3 is 0 Å². The number of para-hydroxylation sites is 2. The Labute approximate surface area is 131 Å². The molecule has 0 saturated carbocycles. The molecular formula is C17H13N5O. The van der Waals surface area contributed by atoms with Gasteiger partial charge in [-0.05, 0) is 30.3 Å². The minimum absolute atomic E-state index is 0.264. The lowest BCUT2D eigenvalue weighted by molar-refractivity contribution is 0.0945. The summed E-state index contributed by atoms with van der Waals surface area (Å²) in [5.74, 6) is -0.264. The molecule has 0 aliphatic carbocycles. The fourth-order valence-electron chi connectivity index (χ4n) is 2.41. The van der Waals surface area contributed by atoms with E-state index in [4.69, 9.17) is 0 Å². The number of benzene rings is 1. The Kier molecular flexibility index (Phi) is 3.20. The quantitative estimate of drug-likeness (QED) is 0.630. The van der Waals surface area contributed by atoms with Crippen LogP contribution in [0.1, 0.15) is 16.2 Å². The third kappa shape index (κ3) is 2.62. The van der Waals surface area contributed by atoms with Gasteiger partial charge in [0.1, 0.15) is 5.69 Å². The Bertz CT molecular complexity index is 975. The lowest BCUT2D eigenvalue weighted by Crippen LogP contribution is -2.24. The molecule has 6 nitrogen and oxygen atoms in total. The molecule has 0 spiro atoms. The Morgan fingerprint density at radius 2 is 1.91 bits per heavy atom. The summed E-state index contributed by atoms with van der Waals surface area (Å²) in [6.07, 6.45) is 3.36. The number of hydrogen-bond donors (Lipinski definition) is 1. The maximum absolute atomic E-state index is 12.2. The van der Waals surface area contributed by atoms with E-state index in [1.807, 2.05) is 54.7 Å². The number of hydrogen-bond acceptors (Lipinski definition) is 4. The van der Waals surface area contributed by atoms with Gasteiger partial charge in [0.2, 0.25) is 0 Å². The number of aromatic nitrogens is 4. The zero-order chi connectivity index (χ0) is 15.6. The van der Waals surface area contributed by atoms with Crippen LogP contribution in [0.4, 0.5) is 0 Å². The predicted octanol–water partition coefficient (Wildman–Crippen LogP) is 2.21. The first-order chi connectivity index (χ1) is 11.3. The van der Waals surface area contributed by atoms with Crippen molar-refractivity contribution in [1.82, 2.24) is 24.9 Å². The number of rotatable bonds is 3. The second-order valence-electron chi connectivity index (χ2n) is 5.13. The number of amides is 1. The summed E-state index contributed by atoms with van der Waals surface area (Å²) < 4.78 is 1.78. The summed E-state index contributed by atoms with van der Waals surface area (Å²) in [6, 6.07) is 15.2. The highest BCUT2D eigenvalue weighted by atomic mass is 16.1. The van der Waals surface area contributed by atoms with Gasteiger partial charge in [0, 0.05) is 6.20 Å². The van der Waals surface area contributed by atoms with E-state index < -0.39 is 0 Å². The molecule has 23 heavy (non-hydrogen) atoms. The highest BCUT2D eigenvalue weighted by Crippen LogP contribution is 2.09. The Morgan fingerprint density at radius 3 is 2.78 bits per heavy atom. The van der Waals surface area contributed by atoms with E-state index in [0.717, 1.165) is 16.7 Å². The van der Waals surface area contributed by atoms with Crippen molar-refractivity contribution >= 4 is 22.5 Å². The summed E-state index contributed by atoms with van der Waals surface area (Å²) in [5, 5.41) is 7.22. The van der Waals surface area contributed by atoms with E-state index >= 15 is 0 Å². The van der Waals surface area contributed by atoms with Crippen LogP contribution in [0.25, 0.3) is 16.6 Å². The maximum atomic E-state index is 12.2. The van der Waals surface area contributed by atoms with Crippen molar-refractivity contribution in [3.63, 3.8) is 0 Å². The number of nitrogens with one attached hydrogen (secondary N) is 1. The molecule has 0 radical (unpaired) electrons. The Balaban J connectivity index is 1.52. The van der Waals surface area contributed by atoms with Crippen LogP contribution in [0.3, 0.4) is 0 Å². The smallest absolute Gasteiger partial charge is 0.271 e. The molecule has 4 rings (SSSR count). The van der Waals surface area contributed by atoms with Gasteiger partial charge in [0.25, 0.3) is 5.91 Å². The molecular weight excluding hydrogens is 290 g/mol. The summed E-state index contributed by atoms with van der Waals surface area (Å²) in [6.45, 7) is 0.342. The number of carbonyl (C=O) groups is 1. The van der Waals surface area contributed by atoms with Crippen LogP contribution in [-0.4, -0.2) is 25.5 Å². The molecule has 6 heteroatoms. The number of nitrogens with zero attached hydrogens (tertiary/aromatic N) is 4. The minimum atomic E-state index is -0.264. The molecule has 0 fully saturated rings. The van der Waals surface area contributed by atoms with Crippen LogP contribution in [0.2, 0.25) is 0 Å². The largest absolute Gasteiger partial charge is 0.345 e. The monoisotopic (exact) mass is 303 g/mol. The normalized spacial score (nSPS) is 11.0. The maximum Gasteiger partial charge on any atom is 0.271 e. The van der Waals surface area contributed by atoms with E-state index in [2.05, 4.69) is 20.4 Å². The summed E-state index contributed by atoms with van der Waals surface area (Å²) in [4.78, 5) is 20.8. The van der Waals surface area contributed by atoms with Crippen molar-refractivity contribution in [3.8, 4) is 0 Å². The van der Waals surface area contributed by atoms with Gasteiger partial charge in [-0.25, -0.2) is 9.50 Å². The standard InChI is InChI=1S/C17H13N5O/c23-17(16-11-18-14-6-1-2-7-15(14)20-16)19-10-12-9-13-5-3-4-8-22(13)21-12/h1-9,11H,10H2,(H,19,23). The third-order valence-corrected chi connectivity index (χ3v) is 3.53. The van der Waals surface area contributed by atoms with Crippen molar-refractivity contribution < 1.29 is 4.79 Å². The van der Waals surface area contributed by atoms with Crippen molar-refractivity contribution in [3.05, 3.63) is 72.3 Å². The fraction of sp³-hybridized carbons (Fsp3) is 0.0588. The predicted molar refractivity (Wildman–Crippen MR) is 85.9 cm³/mol. The van der Waals surface area contributed by atoms with Crippen LogP contribution < -0.4 is 5.32 Å². The van der Waals surface area contributed by atoms with E-state index in [1.54, 1.807) is 4.52 Å². The lowest BCUT2D eigenvalue weighted by Gasteiger charge is -2.03. The van der Waals surface area contributed by atoms with Gasteiger partial charge in [-0.3, -0.25) is 9.78 Å². The molecule has 3 aromatic heterocycles. The SMILES string of the molecule is O=C(NCc1cc2ccccn2n1)c1cnc2ccccc2n1. The summed E-state index contributed by atoms with van der Waals surface area (Å²) in [5.41, 5.74) is 3.55. The Hall–Kier alpha value is -3.28. The molecule has 0 aliphatic rings. The molecule has 0 atom stereocenters. The van der Waals surface area contributed by atoms with Crippen LogP contribution in [0, 0.1) is 0 Å². The summed E-state index contributed by atoms with van der Waals surface area (Å²) >= 11 is 0. The molecule has 0 bridgehead atoms. The molecule has 0 saturated heterocycles. The minimum Gasteiger partial charge on any atom is -0.345 e. The number of fused-ring (bicyclic) bond motifs is 2. The van der Waals surface area contributed by atoms with E-state index in [1.165, 1.54) is 6.20 Å². The van der Waals surface area contributed by atoms with Crippen LogP contribution in [0.15, 0.2) is 60.9 Å². The Morgan fingerprint density at radius 1 is 1.09 bits per heavy atom. The van der Waals surface area contributed by atoms with Crippen molar-refractivity contribution in [1.29, 1.82) is 0 Å². The van der Waals surface area contributed by atoms with Crippen LogP contribution in [-0.2, 0) is 6.54 Å². The molecule has 4 aromatic rings. The highest BCUT2D eigenvalue weighted by Gasteiger charge is 2.10. The number of pyridine rings is 1. The third-order valence-electron chi connectivity index (χ3n) is 3.53. The molecule has 3 heterocycles. The van der Waals surface area contributed by atoms with E-state index in [0.29, 0.717) is 17.8 Å². The van der Waals surface area contributed by atoms with Gasteiger partial charge in [0.05, 0.1) is 35.0 Å². The average Bonchev–Trinajstić information content (AvgIpc) is 3.02. The highest BCUT2D eigenvalue weighted by molar-refractivity contribution is 5.93. The zero-order valence-corrected chi connectivity index (χ0v) is 12.2. The molecule has 1 amide bonds. The van der Waals surface area contributed by atoms with Crippen LogP contribution in [0.5, 0.6) is 0 Å². The van der Waals surface area contributed by atoms with Gasteiger partial charge < -0.3 is 5.32 Å². The first-order valence-electron chi connectivity index (χ1n) is 7.23. The first kappa shape index (κ1) is 13.4. The average molecular weight is 303 g/mol. The van der Waals surface area contributed by atoms with Crippen molar-refractivity contribution in [2.24, 2.45) is 0 Å². The van der Waals surface area contributed by atoms with Gasteiger partial charge in [-0.15, -0.1) is 0 Å².